The van der Waals surface area contributed by atoms with Gasteiger partial charge in [0.05, 0.1) is 0 Å². The van der Waals surface area contributed by atoms with Crippen molar-refractivity contribution in [3.8, 4) is 0 Å². The standard InChI is InChI=1S/C17H19F2N3O3S.Na/c18-16-2-1-3-17(19)15(16)12-21-8-10-22(11-9-21)14-6-4-13(5-7-14)20-26(23,24)25;/h1-7,20H,8-12H2,(H,23,24,25);/q;+1/p-1. The van der Waals surface area contributed by atoms with Crippen molar-refractivity contribution < 1.29 is 51.3 Å². The molecule has 1 aliphatic rings. The van der Waals surface area contributed by atoms with Gasteiger partial charge in [0.2, 0.25) is 0 Å². The Bertz CT molecular complexity index is 853. The van der Waals surface area contributed by atoms with E-state index in [9.17, 15) is 21.8 Å². The van der Waals surface area contributed by atoms with Crippen molar-refractivity contribution in [1.82, 2.24) is 4.90 Å². The molecule has 140 valence electrons. The Labute approximate surface area is 179 Å². The van der Waals surface area contributed by atoms with E-state index in [0.717, 1.165) is 5.69 Å². The zero-order chi connectivity index (χ0) is 18.7. The van der Waals surface area contributed by atoms with E-state index < -0.39 is 21.9 Å². The third-order valence-corrected chi connectivity index (χ3v) is 4.78. The first kappa shape index (κ1) is 22.1. The van der Waals surface area contributed by atoms with Crippen LogP contribution in [0.3, 0.4) is 0 Å². The average molecular weight is 405 g/mol. The molecule has 0 aromatic heterocycles. The number of piperazine rings is 1. The molecule has 0 spiro atoms. The van der Waals surface area contributed by atoms with Crippen LogP contribution in [0, 0.1) is 11.6 Å². The molecule has 1 fully saturated rings. The minimum Gasteiger partial charge on any atom is -0.731 e. The quantitative estimate of drug-likeness (QED) is 0.519. The van der Waals surface area contributed by atoms with Crippen LogP contribution in [-0.2, 0) is 16.8 Å². The third kappa shape index (κ3) is 6.13. The fourth-order valence-corrected chi connectivity index (χ4v) is 3.38. The van der Waals surface area contributed by atoms with E-state index in [1.165, 1.54) is 30.3 Å². The molecule has 1 aliphatic heterocycles. The van der Waals surface area contributed by atoms with Crippen LogP contribution in [0.5, 0.6) is 0 Å². The molecule has 10 heteroatoms. The molecule has 1 heterocycles. The van der Waals surface area contributed by atoms with Crippen molar-refractivity contribution in [2.45, 2.75) is 6.54 Å². The van der Waals surface area contributed by atoms with Crippen molar-refractivity contribution in [3.63, 3.8) is 0 Å². The monoisotopic (exact) mass is 405 g/mol. The summed E-state index contributed by atoms with van der Waals surface area (Å²) in [5.74, 6) is -1.08. The normalized spacial score (nSPS) is 15.3. The van der Waals surface area contributed by atoms with E-state index in [1.54, 1.807) is 12.1 Å². The first-order chi connectivity index (χ1) is 12.3. The van der Waals surface area contributed by atoms with Crippen LogP contribution < -0.4 is 39.2 Å². The average Bonchev–Trinajstić information content (AvgIpc) is 2.58. The van der Waals surface area contributed by atoms with Crippen LogP contribution in [0.15, 0.2) is 42.5 Å². The Hall–Kier alpha value is -1.23. The summed E-state index contributed by atoms with van der Waals surface area (Å²) in [5, 5.41) is 0. The molecule has 0 amide bonds. The van der Waals surface area contributed by atoms with Gasteiger partial charge in [-0.1, -0.05) is 6.07 Å². The minimum absolute atomic E-state index is 0. The maximum atomic E-state index is 13.8. The number of hydrogen-bond donors (Lipinski definition) is 1. The number of rotatable bonds is 5. The van der Waals surface area contributed by atoms with Gasteiger partial charge in [-0.2, -0.15) is 0 Å². The summed E-state index contributed by atoms with van der Waals surface area (Å²) >= 11 is 0. The fourth-order valence-electron chi connectivity index (χ4n) is 2.96. The molecule has 0 bridgehead atoms. The second-order valence-electron chi connectivity index (χ2n) is 6.07. The molecule has 2 aromatic rings. The molecule has 0 saturated carbocycles. The van der Waals surface area contributed by atoms with Crippen LogP contribution in [0.1, 0.15) is 5.56 Å². The van der Waals surface area contributed by atoms with Crippen molar-refractivity contribution in [2.75, 3.05) is 35.8 Å². The predicted octanol–water partition coefficient (Wildman–Crippen LogP) is -0.837. The second-order valence-corrected chi connectivity index (χ2v) is 7.18. The van der Waals surface area contributed by atoms with E-state index in [2.05, 4.69) is 4.90 Å². The van der Waals surface area contributed by atoms with Gasteiger partial charge in [-0.05, 0) is 36.4 Å². The third-order valence-electron chi connectivity index (χ3n) is 4.29. The predicted molar refractivity (Wildman–Crippen MR) is 93.6 cm³/mol. The zero-order valence-corrected chi connectivity index (χ0v) is 17.7. The van der Waals surface area contributed by atoms with Gasteiger partial charge < -0.3 is 9.45 Å². The Morgan fingerprint density at radius 1 is 0.963 bits per heavy atom. The Balaban J connectivity index is 0.00000261. The summed E-state index contributed by atoms with van der Waals surface area (Å²) in [6, 6.07) is 10.3. The van der Waals surface area contributed by atoms with Gasteiger partial charge in [0.25, 0.3) is 0 Å². The van der Waals surface area contributed by atoms with Gasteiger partial charge in [-0.25, -0.2) is 17.2 Å². The van der Waals surface area contributed by atoms with Crippen LogP contribution in [0.25, 0.3) is 0 Å². The van der Waals surface area contributed by atoms with Gasteiger partial charge in [0.1, 0.15) is 11.6 Å². The SMILES string of the molecule is O=S(=O)([O-])Nc1ccc(N2CCN(Cc3c(F)cccc3F)CC2)cc1.[Na+]. The second kappa shape index (κ2) is 9.31. The van der Waals surface area contributed by atoms with Gasteiger partial charge in [0, 0.05) is 49.7 Å². The van der Waals surface area contributed by atoms with Gasteiger partial charge in [-0.15, -0.1) is 0 Å². The van der Waals surface area contributed by atoms with E-state index in [0.29, 0.717) is 26.2 Å². The Morgan fingerprint density at radius 3 is 2.04 bits per heavy atom. The fraction of sp³-hybridized carbons (Fsp3) is 0.294. The zero-order valence-electron chi connectivity index (χ0n) is 14.9. The molecule has 0 radical (unpaired) electrons. The van der Waals surface area contributed by atoms with E-state index >= 15 is 0 Å². The first-order valence-corrected chi connectivity index (χ1v) is 9.46. The largest absolute Gasteiger partial charge is 1.00 e. The number of halogens is 2. The molecule has 6 nitrogen and oxygen atoms in total. The maximum absolute atomic E-state index is 13.8. The Morgan fingerprint density at radius 2 is 1.52 bits per heavy atom. The molecule has 3 rings (SSSR count). The van der Waals surface area contributed by atoms with Crippen LogP contribution in [0.2, 0.25) is 0 Å². The smallest absolute Gasteiger partial charge is 0.731 e. The molecule has 0 aliphatic carbocycles. The number of anilines is 2. The van der Waals surface area contributed by atoms with Gasteiger partial charge >= 0.3 is 29.6 Å². The summed E-state index contributed by atoms with van der Waals surface area (Å²) in [6.07, 6.45) is 0. The maximum Gasteiger partial charge on any atom is 1.00 e. The number of benzene rings is 2. The molecular formula is C17H18F2N3NaO3S. The topological polar surface area (TPSA) is 75.7 Å². The van der Waals surface area contributed by atoms with E-state index in [-0.39, 0.29) is 47.4 Å². The number of nitrogens with zero attached hydrogens (tertiary/aromatic N) is 2. The molecular weight excluding hydrogens is 387 g/mol. The van der Waals surface area contributed by atoms with Crippen LogP contribution in [-0.4, -0.2) is 44.0 Å². The number of hydrogen-bond acceptors (Lipinski definition) is 5. The van der Waals surface area contributed by atoms with Crippen LogP contribution in [0.4, 0.5) is 20.2 Å². The van der Waals surface area contributed by atoms with Crippen LogP contribution >= 0.6 is 0 Å². The molecule has 0 unspecified atom stereocenters. The van der Waals surface area contributed by atoms with E-state index in [4.69, 9.17) is 0 Å². The minimum atomic E-state index is -4.54. The number of nitrogens with one attached hydrogen (secondary N) is 1. The summed E-state index contributed by atoms with van der Waals surface area (Å²) < 4.78 is 61.4. The molecule has 27 heavy (non-hydrogen) atoms. The van der Waals surface area contributed by atoms with E-state index in [1.807, 2.05) is 9.62 Å². The Kier molecular flexibility index (Phi) is 7.61. The van der Waals surface area contributed by atoms with Gasteiger partial charge in [0.15, 0.2) is 10.3 Å². The summed E-state index contributed by atoms with van der Waals surface area (Å²) in [7, 11) is -4.54. The molecule has 0 atom stereocenters. The molecule has 1 saturated heterocycles. The van der Waals surface area contributed by atoms with Crippen molar-refractivity contribution in [3.05, 3.63) is 59.7 Å². The van der Waals surface area contributed by atoms with Gasteiger partial charge in [-0.3, -0.25) is 9.62 Å². The summed E-state index contributed by atoms with van der Waals surface area (Å²) in [4.78, 5) is 4.07. The first-order valence-electron chi connectivity index (χ1n) is 8.06. The molecule has 2 aromatic carbocycles. The van der Waals surface area contributed by atoms with Crippen molar-refractivity contribution in [2.24, 2.45) is 0 Å². The summed E-state index contributed by atoms with van der Waals surface area (Å²) in [6.45, 7) is 2.84. The van der Waals surface area contributed by atoms with Crippen molar-refractivity contribution >= 4 is 21.7 Å². The van der Waals surface area contributed by atoms with Crippen molar-refractivity contribution in [1.29, 1.82) is 0 Å². The summed E-state index contributed by atoms with van der Waals surface area (Å²) in [5.41, 5.74) is 1.17. The molecule has 1 N–H and O–H groups in total.